The van der Waals surface area contributed by atoms with Gasteiger partial charge in [-0.2, -0.15) is 0 Å². The average molecular weight is 250 g/mol. The van der Waals surface area contributed by atoms with Gasteiger partial charge >= 0.3 is 5.97 Å². The van der Waals surface area contributed by atoms with Gasteiger partial charge in [0.1, 0.15) is 0 Å². The quantitative estimate of drug-likeness (QED) is 0.696. The molecule has 18 heavy (non-hydrogen) atoms. The van der Waals surface area contributed by atoms with Crippen LogP contribution in [-0.2, 0) is 11.3 Å². The third kappa shape index (κ3) is 6.35. The normalized spacial score (nSPS) is 11.4. The molecule has 1 heterocycles. The molecule has 0 unspecified atom stereocenters. The molecule has 1 aromatic heterocycles. The fourth-order valence-corrected chi connectivity index (χ4v) is 1.72. The highest BCUT2D eigenvalue weighted by Gasteiger charge is 2.18. The number of carboxylic acid groups (broad SMARTS) is 1. The molecule has 100 valence electrons. The van der Waals surface area contributed by atoms with Gasteiger partial charge in [-0.15, -0.1) is 0 Å². The van der Waals surface area contributed by atoms with Crippen LogP contribution in [0.3, 0.4) is 0 Å². The van der Waals surface area contributed by atoms with Crippen LogP contribution in [0.1, 0.15) is 38.8 Å². The van der Waals surface area contributed by atoms with E-state index in [1.807, 2.05) is 18.2 Å². The molecular weight excluding hydrogens is 228 g/mol. The molecule has 1 rings (SSSR count). The lowest BCUT2D eigenvalue weighted by atomic mass is 9.84. The molecule has 0 atom stereocenters. The molecule has 0 saturated heterocycles. The van der Waals surface area contributed by atoms with Crippen LogP contribution in [0.25, 0.3) is 0 Å². The Kier molecular flexibility index (Phi) is 5.78. The third-order valence-corrected chi connectivity index (χ3v) is 3.03. The Labute approximate surface area is 108 Å². The van der Waals surface area contributed by atoms with E-state index < -0.39 is 5.97 Å². The second-order valence-electron chi connectivity index (χ2n) is 5.31. The van der Waals surface area contributed by atoms with Crippen molar-refractivity contribution in [1.29, 1.82) is 0 Å². The number of pyridine rings is 1. The van der Waals surface area contributed by atoms with E-state index in [1.54, 1.807) is 6.20 Å². The number of carbonyl (C=O) groups is 1. The van der Waals surface area contributed by atoms with Gasteiger partial charge in [-0.3, -0.25) is 9.78 Å². The molecule has 0 aliphatic carbocycles. The number of hydrogen-bond donors (Lipinski definition) is 2. The van der Waals surface area contributed by atoms with Crippen molar-refractivity contribution in [3.63, 3.8) is 0 Å². The number of rotatable bonds is 8. The summed E-state index contributed by atoms with van der Waals surface area (Å²) >= 11 is 0. The van der Waals surface area contributed by atoms with Crippen molar-refractivity contribution in [3.05, 3.63) is 30.1 Å². The van der Waals surface area contributed by atoms with E-state index >= 15 is 0 Å². The minimum absolute atomic E-state index is 0.0650. The lowest BCUT2D eigenvalue weighted by molar-refractivity contribution is -0.137. The molecule has 1 aromatic rings. The number of aromatic nitrogens is 1. The monoisotopic (exact) mass is 250 g/mol. The Bertz CT molecular complexity index is 363. The first kappa shape index (κ1) is 14.6. The minimum atomic E-state index is -0.718. The van der Waals surface area contributed by atoms with Crippen LogP contribution in [0.15, 0.2) is 24.4 Å². The van der Waals surface area contributed by atoms with E-state index in [1.165, 1.54) is 0 Å². The van der Waals surface area contributed by atoms with Crippen molar-refractivity contribution in [3.8, 4) is 0 Å². The van der Waals surface area contributed by atoms with Gasteiger partial charge in [-0.1, -0.05) is 19.9 Å². The third-order valence-electron chi connectivity index (χ3n) is 3.03. The second-order valence-corrected chi connectivity index (χ2v) is 5.31. The summed E-state index contributed by atoms with van der Waals surface area (Å²) in [6.07, 6.45) is 3.71. The second kappa shape index (κ2) is 7.11. The summed E-state index contributed by atoms with van der Waals surface area (Å²) < 4.78 is 0. The number of hydrogen-bond acceptors (Lipinski definition) is 3. The predicted molar refractivity (Wildman–Crippen MR) is 71.2 cm³/mol. The number of nitrogens with zero attached hydrogens (tertiary/aromatic N) is 1. The van der Waals surface area contributed by atoms with E-state index in [2.05, 4.69) is 24.1 Å². The lowest BCUT2D eigenvalue weighted by Crippen LogP contribution is -2.23. The lowest BCUT2D eigenvalue weighted by Gasteiger charge is -2.23. The van der Waals surface area contributed by atoms with E-state index in [0.717, 1.165) is 25.2 Å². The summed E-state index contributed by atoms with van der Waals surface area (Å²) in [5.41, 5.74) is 1.09. The number of carboxylic acids is 1. The van der Waals surface area contributed by atoms with Crippen LogP contribution < -0.4 is 5.32 Å². The highest BCUT2D eigenvalue weighted by Crippen LogP contribution is 2.25. The first-order valence-corrected chi connectivity index (χ1v) is 6.32. The maximum absolute atomic E-state index is 10.5. The van der Waals surface area contributed by atoms with Gasteiger partial charge in [0, 0.05) is 19.2 Å². The molecule has 0 saturated carbocycles. The van der Waals surface area contributed by atoms with Crippen molar-refractivity contribution in [1.82, 2.24) is 10.3 Å². The molecule has 0 bridgehead atoms. The van der Waals surface area contributed by atoms with E-state index in [9.17, 15) is 4.79 Å². The van der Waals surface area contributed by atoms with Crippen LogP contribution in [-0.4, -0.2) is 22.6 Å². The largest absolute Gasteiger partial charge is 0.481 e. The zero-order chi connectivity index (χ0) is 13.4. The summed E-state index contributed by atoms with van der Waals surface area (Å²) in [7, 11) is 0. The number of aliphatic carboxylic acids is 1. The highest BCUT2D eigenvalue weighted by atomic mass is 16.4. The summed E-state index contributed by atoms with van der Waals surface area (Å²) in [6, 6.07) is 5.86. The molecule has 0 amide bonds. The van der Waals surface area contributed by atoms with Crippen molar-refractivity contribution in [2.24, 2.45) is 5.41 Å². The summed E-state index contributed by atoms with van der Waals surface area (Å²) in [4.78, 5) is 14.8. The molecule has 4 heteroatoms. The van der Waals surface area contributed by atoms with Gasteiger partial charge in [0.15, 0.2) is 0 Å². The maximum Gasteiger partial charge on any atom is 0.303 e. The Balaban J connectivity index is 2.18. The van der Waals surface area contributed by atoms with Gasteiger partial charge in [-0.05, 0) is 36.9 Å². The Morgan fingerprint density at radius 3 is 2.78 bits per heavy atom. The summed E-state index contributed by atoms with van der Waals surface area (Å²) in [6.45, 7) is 5.86. The van der Waals surface area contributed by atoms with E-state index in [-0.39, 0.29) is 11.8 Å². The van der Waals surface area contributed by atoms with Crippen LogP contribution in [0.5, 0.6) is 0 Å². The Morgan fingerprint density at radius 1 is 1.39 bits per heavy atom. The van der Waals surface area contributed by atoms with Crippen molar-refractivity contribution < 1.29 is 9.90 Å². The summed E-state index contributed by atoms with van der Waals surface area (Å²) in [5, 5.41) is 12.0. The zero-order valence-electron chi connectivity index (χ0n) is 11.1. The Hall–Kier alpha value is -1.42. The van der Waals surface area contributed by atoms with Gasteiger partial charge in [0.25, 0.3) is 0 Å². The maximum atomic E-state index is 10.5. The molecular formula is C14H22N2O2. The molecule has 0 aromatic carbocycles. The van der Waals surface area contributed by atoms with Crippen LogP contribution >= 0.6 is 0 Å². The van der Waals surface area contributed by atoms with Crippen molar-refractivity contribution >= 4 is 5.97 Å². The van der Waals surface area contributed by atoms with Gasteiger partial charge in [0.2, 0.25) is 0 Å². The number of nitrogens with one attached hydrogen (secondary N) is 1. The van der Waals surface area contributed by atoms with Crippen LogP contribution in [0.4, 0.5) is 0 Å². The van der Waals surface area contributed by atoms with Gasteiger partial charge < -0.3 is 10.4 Å². The van der Waals surface area contributed by atoms with E-state index in [0.29, 0.717) is 6.42 Å². The minimum Gasteiger partial charge on any atom is -0.481 e. The molecule has 2 N–H and O–H groups in total. The standard InChI is InChI=1S/C14H22N2O2/c1-14(2,7-6-13(17)18)8-10-15-11-12-5-3-4-9-16-12/h3-5,9,15H,6-8,10-11H2,1-2H3,(H,17,18). The SMILES string of the molecule is CC(C)(CCNCc1ccccn1)CCC(=O)O. The van der Waals surface area contributed by atoms with Gasteiger partial charge in [0.05, 0.1) is 5.69 Å². The first-order chi connectivity index (χ1) is 8.49. The molecule has 0 aliphatic rings. The van der Waals surface area contributed by atoms with Crippen LogP contribution in [0.2, 0.25) is 0 Å². The average Bonchev–Trinajstić information content (AvgIpc) is 2.34. The fourth-order valence-electron chi connectivity index (χ4n) is 1.72. The van der Waals surface area contributed by atoms with Crippen molar-refractivity contribution in [2.45, 2.75) is 39.7 Å². The predicted octanol–water partition coefficient (Wildman–Crippen LogP) is 2.45. The fraction of sp³-hybridized carbons (Fsp3) is 0.571. The van der Waals surface area contributed by atoms with E-state index in [4.69, 9.17) is 5.11 Å². The topological polar surface area (TPSA) is 62.2 Å². The van der Waals surface area contributed by atoms with Crippen LogP contribution in [0, 0.1) is 5.41 Å². The molecule has 0 aliphatic heterocycles. The highest BCUT2D eigenvalue weighted by molar-refractivity contribution is 5.66. The molecule has 0 radical (unpaired) electrons. The molecule has 0 fully saturated rings. The first-order valence-electron chi connectivity index (χ1n) is 6.32. The van der Waals surface area contributed by atoms with Gasteiger partial charge in [-0.25, -0.2) is 0 Å². The Morgan fingerprint density at radius 2 is 2.17 bits per heavy atom. The smallest absolute Gasteiger partial charge is 0.303 e. The van der Waals surface area contributed by atoms with Crippen molar-refractivity contribution in [2.75, 3.05) is 6.54 Å². The molecule has 4 nitrogen and oxygen atoms in total. The summed E-state index contributed by atoms with van der Waals surface area (Å²) in [5.74, 6) is -0.718. The zero-order valence-corrected chi connectivity index (χ0v) is 11.1. The molecule has 0 spiro atoms.